The second-order valence-corrected chi connectivity index (χ2v) is 5.97. The van der Waals surface area contributed by atoms with Crippen LogP contribution in [0.2, 0.25) is 0 Å². The summed E-state index contributed by atoms with van der Waals surface area (Å²) in [6.45, 7) is 2.49. The van der Waals surface area contributed by atoms with Crippen LogP contribution in [0, 0.1) is 0 Å². The Hall–Kier alpha value is -2.31. The zero-order valence-corrected chi connectivity index (χ0v) is 14.3. The molecule has 6 heteroatoms. The van der Waals surface area contributed by atoms with E-state index in [0.717, 1.165) is 10.5 Å². The van der Waals surface area contributed by atoms with E-state index in [2.05, 4.69) is 5.32 Å². The number of benzene rings is 2. The van der Waals surface area contributed by atoms with Crippen LogP contribution < -0.4 is 11.1 Å². The molecule has 0 fully saturated rings. The Bertz CT molecular complexity index is 705. The van der Waals surface area contributed by atoms with Crippen LogP contribution >= 0.6 is 11.8 Å². The zero-order valence-electron chi connectivity index (χ0n) is 13.5. The molecule has 0 aliphatic rings. The van der Waals surface area contributed by atoms with Crippen LogP contribution in [0.4, 0.5) is 5.69 Å². The number of amides is 1. The first-order chi connectivity index (χ1) is 11.6. The molecule has 0 heterocycles. The van der Waals surface area contributed by atoms with Crippen molar-refractivity contribution in [1.29, 1.82) is 0 Å². The minimum atomic E-state index is -0.286. The van der Waals surface area contributed by atoms with Gasteiger partial charge in [0, 0.05) is 17.0 Å². The third-order valence-electron chi connectivity index (χ3n) is 3.21. The first-order valence-corrected chi connectivity index (χ1v) is 8.60. The van der Waals surface area contributed by atoms with Crippen LogP contribution in [0.3, 0.4) is 0 Å². The first kappa shape index (κ1) is 18.0. The van der Waals surface area contributed by atoms with Crippen molar-refractivity contribution in [3.63, 3.8) is 0 Å². The van der Waals surface area contributed by atoms with Crippen LogP contribution in [0.25, 0.3) is 0 Å². The number of carbonyl (C=O) groups is 2. The van der Waals surface area contributed by atoms with Crippen molar-refractivity contribution in [2.75, 3.05) is 17.7 Å². The van der Waals surface area contributed by atoms with E-state index in [1.54, 1.807) is 19.1 Å². The molecule has 0 aliphatic heterocycles. The van der Waals surface area contributed by atoms with Gasteiger partial charge in [-0.15, -0.1) is 11.8 Å². The highest BCUT2D eigenvalue weighted by atomic mass is 32.2. The molecule has 0 radical (unpaired) electrons. The fourth-order valence-electron chi connectivity index (χ4n) is 2.05. The Kier molecular flexibility index (Phi) is 6.84. The van der Waals surface area contributed by atoms with Crippen molar-refractivity contribution in [3.8, 4) is 0 Å². The lowest BCUT2D eigenvalue weighted by Crippen LogP contribution is -2.13. The number of thioether (sulfide) groups is 1. The monoisotopic (exact) mass is 344 g/mol. The summed E-state index contributed by atoms with van der Waals surface area (Å²) in [7, 11) is 0. The Morgan fingerprint density at radius 1 is 1.17 bits per heavy atom. The van der Waals surface area contributed by atoms with Crippen LogP contribution in [0.5, 0.6) is 0 Å². The van der Waals surface area contributed by atoms with E-state index in [9.17, 15) is 9.59 Å². The summed E-state index contributed by atoms with van der Waals surface area (Å²) in [6, 6.07) is 14.5. The predicted octanol–water partition coefficient (Wildman–Crippen LogP) is 3.05. The van der Waals surface area contributed by atoms with Gasteiger partial charge in [-0.2, -0.15) is 0 Å². The minimum absolute atomic E-state index is 0.185. The predicted molar refractivity (Wildman–Crippen MR) is 96.1 cm³/mol. The standard InChI is InChI=1S/C18H20N2O3S/c1-2-23-17(21)12-24-16-9-8-13(11-19)10-15(16)20-18(22)14-6-4-3-5-7-14/h3-10H,2,11-12,19H2,1H3,(H,20,22). The van der Waals surface area contributed by atoms with Gasteiger partial charge in [0.2, 0.25) is 0 Å². The van der Waals surface area contributed by atoms with Crippen LogP contribution in [-0.4, -0.2) is 24.2 Å². The van der Waals surface area contributed by atoms with Gasteiger partial charge in [-0.1, -0.05) is 24.3 Å². The van der Waals surface area contributed by atoms with E-state index in [-0.39, 0.29) is 17.6 Å². The summed E-state index contributed by atoms with van der Waals surface area (Å²) in [5.74, 6) is -0.308. The maximum absolute atomic E-state index is 12.4. The molecule has 3 N–H and O–H groups in total. The number of nitrogens with two attached hydrogens (primary N) is 1. The maximum Gasteiger partial charge on any atom is 0.316 e. The molecule has 0 aromatic heterocycles. The van der Waals surface area contributed by atoms with Gasteiger partial charge in [0.15, 0.2) is 0 Å². The quantitative estimate of drug-likeness (QED) is 0.596. The fourth-order valence-corrected chi connectivity index (χ4v) is 2.84. The molecule has 0 unspecified atom stereocenters. The van der Waals surface area contributed by atoms with Gasteiger partial charge in [0.1, 0.15) is 0 Å². The van der Waals surface area contributed by atoms with Gasteiger partial charge in [-0.25, -0.2) is 0 Å². The van der Waals surface area contributed by atoms with E-state index >= 15 is 0 Å². The number of hydrogen-bond donors (Lipinski definition) is 2. The third kappa shape index (κ3) is 5.11. The fraction of sp³-hybridized carbons (Fsp3) is 0.222. The average Bonchev–Trinajstić information content (AvgIpc) is 2.61. The largest absolute Gasteiger partial charge is 0.465 e. The highest BCUT2D eigenvalue weighted by Crippen LogP contribution is 2.29. The number of ether oxygens (including phenoxy) is 1. The normalized spacial score (nSPS) is 10.2. The Morgan fingerprint density at radius 2 is 1.92 bits per heavy atom. The topological polar surface area (TPSA) is 81.4 Å². The zero-order chi connectivity index (χ0) is 17.4. The first-order valence-electron chi connectivity index (χ1n) is 7.62. The second-order valence-electron chi connectivity index (χ2n) is 4.95. The lowest BCUT2D eigenvalue weighted by atomic mass is 10.1. The molecule has 126 valence electrons. The summed E-state index contributed by atoms with van der Waals surface area (Å²) in [6.07, 6.45) is 0. The Labute approximate surface area is 145 Å². The SMILES string of the molecule is CCOC(=O)CSc1ccc(CN)cc1NC(=O)c1ccccc1. The van der Waals surface area contributed by atoms with Crippen LogP contribution in [0.15, 0.2) is 53.4 Å². The van der Waals surface area contributed by atoms with Crippen LogP contribution in [0.1, 0.15) is 22.8 Å². The Balaban J connectivity index is 2.16. The summed E-state index contributed by atoms with van der Waals surface area (Å²) >= 11 is 1.32. The summed E-state index contributed by atoms with van der Waals surface area (Å²) in [4.78, 5) is 24.7. The number of nitrogens with one attached hydrogen (secondary N) is 1. The highest BCUT2D eigenvalue weighted by Gasteiger charge is 2.12. The molecule has 1 amide bonds. The van der Waals surface area contributed by atoms with Gasteiger partial charge in [-0.05, 0) is 36.8 Å². The van der Waals surface area contributed by atoms with Crippen molar-refractivity contribution < 1.29 is 14.3 Å². The Morgan fingerprint density at radius 3 is 2.58 bits per heavy atom. The number of hydrogen-bond acceptors (Lipinski definition) is 5. The van der Waals surface area contributed by atoms with Gasteiger partial charge in [0.05, 0.1) is 18.0 Å². The molecule has 0 spiro atoms. The third-order valence-corrected chi connectivity index (χ3v) is 4.26. The number of esters is 1. The van der Waals surface area contributed by atoms with Gasteiger partial charge < -0.3 is 15.8 Å². The van der Waals surface area contributed by atoms with Crippen molar-refractivity contribution in [1.82, 2.24) is 0 Å². The van der Waals surface area contributed by atoms with E-state index in [1.807, 2.05) is 36.4 Å². The molecule has 0 bridgehead atoms. The van der Waals surface area contributed by atoms with Gasteiger partial charge >= 0.3 is 5.97 Å². The van der Waals surface area contributed by atoms with Crippen LogP contribution in [-0.2, 0) is 16.1 Å². The minimum Gasteiger partial charge on any atom is -0.465 e. The van der Waals surface area contributed by atoms with E-state index < -0.39 is 0 Å². The molecule has 2 rings (SSSR count). The van der Waals surface area contributed by atoms with Gasteiger partial charge in [-0.3, -0.25) is 9.59 Å². The maximum atomic E-state index is 12.4. The van der Waals surface area contributed by atoms with Crippen molar-refractivity contribution in [2.45, 2.75) is 18.4 Å². The molecular weight excluding hydrogens is 324 g/mol. The summed E-state index contributed by atoms with van der Waals surface area (Å²) in [5.41, 5.74) is 7.79. The lowest BCUT2D eigenvalue weighted by Gasteiger charge is -2.12. The molecule has 0 saturated heterocycles. The molecular formula is C18H20N2O3S. The molecule has 2 aromatic rings. The second kappa shape index (κ2) is 9.10. The number of anilines is 1. The molecule has 0 atom stereocenters. The molecule has 0 saturated carbocycles. The van der Waals surface area contributed by atoms with E-state index in [0.29, 0.717) is 24.4 Å². The van der Waals surface area contributed by atoms with Crippen molar-refractivity contribution >= 4 is 29.3 Å². The van der Waals surface area contributed by atoms with Crippen molar-refractivity contribution in [2.24, 2.45) is 5.73 Å². The smallest absolute Gasteiger partial charge is 0.316 e. The van der Waals surface area contributed by atoms with E-state index in [1.165, 1.54) is 11.8 Å². The average molecular weight is 344 g/mol. The van der Waals surface area contributed by atoms with E-state index in [4.69, 9.17) is 10.5 Å². The number of carbonyl (C=O) groups excluding carboxylic acids is 2. The molecule has 24 heavy (non-hydrogen) atoms. The van der Waals surface area contributed by atoms with Crippen molar-refractivity contribution in [3.05, 3.63) is 59.7 Å². The number of rotatable bonds is 7. The summed E-state index contributed by atoms with van der Waals surface area (Å²) < 4.78 is 4.93. The molecule has 5 nitrogen and oxygen atoms in total. The lowest BCUT2D eigenvalue weighted by molar-refractivity contribution is -0.139. The highest BCUT2D eigenvalue weighted by molar-refractivity contribution is 8.00. The van der Waals surface area contributed by atoms with Gasteiger partial charge in [0.25, 0.3) is 5.91 Å². The molecule has 2 aromatic carbocycles. The summed E-state index contributed by atoms with van der Waals surface area (Å²) in [5, 5.41) is 2.89. The molecule has 0 aliphatic carbocycles.